The van der Waals surface area contributed by atoms with Crippen molar-refractivity contribution >= 4 is 28.2 Å². The molecule has 0 amide bonds. The van der Waals surface area contributed by atoms with E-state index in [9.17, 15) is 10.5 Å². The molecular formula is C27H25N5O2. The number of allylic oxidation sites excluding steroid dienone is 1. The number of ether oxygens (including phenoxy) is 2. The number of fused-ring (bicyclic) bond motifs is 1. The van der Waals surface area contributed by atoms with Crippen LogP contribution in [-0.2, 0) is 0 Å². The van der Waals surface area contributed by atoms with Gasteiger partial charge in [-0.15, -0.1) is 0 Å². The fourth-order valence-electron chi connectivity index (χ4n) is 4.01. The third kappa shape index (κ3) is 4.30. The van der Waals surface area contributed by atoms with Gasteiger partial charge in [0.2, 0.25) is 0 Å². The molecule has 0 fully saturated rings. The van der Waals surface area contributed by atoms with E-state index in [0.717, 1.165) is 27.8 Å². The van der Waals surface area contributed by atoms with Gasteiger partial charge in [0.1, 0.15) is 29.7 Å². The molecule has 0 saturated carbocycles. The summed E-state index contributed by atoms with van der Waals surface area (Å²) in [6.45, 7) is 4.84. The highest BCUT2D eigenvalue weighted by atomic mass is 16.5. The normalized spacial score (nSPS) is 17.7. The lowest BCUT2D eigenvalue weighted by Gasteiger charge is -2.21. The molecule has 0 unspecified atom stereocenters. The first-order valence-corrected chi connectivity index (χ1v) is 11.1. The number of nitrogens with zero attached hydrogens (tertiary/aromatic N) is 4. The Morgan fingerprint density at radius 1 is 1.06 bits per heavy atom. The maximum absolute atomic E-state index is 10.1. The van der Waals surface area contributed by atoms with Crippen LogP contribution in [0.15, 0.2) is 71.3 Å². The lowest BCUT2D eigenvalue weighted by Crippen LogP contribution is -2.40. The second-order valence-electron chi connectivity index (χ2n) is 7.66. The summed E-state index contributed by atoms with van der Waals surface area (Å²) >= 11 is 0. The van der Waals surface area contributed by atoms with Crippen molar-refractivity contribution in [2.75, 3.05) is 18.2 Å². The second kappa shape index (κ2) is 10.1. The summed E-state index contributed by atoms with van der Waals surface area (Å²) in [6.07, 6.45) is 1.02. The molecular weight excluding hydrogens is 426 g/mol. The van der Waals surface area contributed by atoms with Crippen LogP contribution in [0, 0.1) is 28.6 Å². The van der Waals surface area contributed by atoms with Crippen LogP contribution < -0.4 is 20.2 Å². The largest absolute Gasteiger partial charge is 0.494 e. The van der Waals surface area contributed by atoms with Crippen molar-refractivity contribution in [1.82, 2.24) is 0 Å². The second-order valence-corrected chi connectivity index (χ2v) is 7.66. The number of nitrogens with two attached hydrogens (primary N) is 1. The zero-order valence-corrected chi connectivity index (χ0v) is 19.1. The lowest BCUT2D eigenvalue weighted by molar-refractivity contribution is 0.339. The van der Waals surface area contributed by atoms with E-state index in [1.165, 1.54) is 0 Å². The van der Waals surface area contributed by atoms with E-state index in [-0.39, 0.29) is 5.57 Å². The molecule has 170 valence electrons. The third-order valence-electron chi connectivity index (χ3n) is 5.58. The summed E-state index contributed by atoms with van der Waals surface area (Å²) in [5, 5.41) is 28.0. The SMILES string of the molecule is CCOc1ccc2ccc(OCC)c(/C=C(/C#N)C3=NN(c4ccccc4)[C@@H](N)[C@@H]3C#N)c2c1. The molecule has 1 heterocycles. The number of nitriles is 2. The number of rotatable bonds is 7. The first kappa shape index (κ1) is 22.8. The Labute approximate surface area is 198 Å². The fraction of sp³-hybridized carbons (Fsp3) is 0.222. The van der Waals surface area contributed by atoms with Crippen LogP contribution in [-0.4, -0.2) is 25.1 Å². The summed E-state index contributed by atoms with van der Waals surface area (Å²) in [6, 6.07) is 23.5. The van der Waals surface area contributed by atoms with Crippen LogP contribution in [0.25, 0.3) is 16.8 Å². The Morgan fingerprint density at radius 2 is 1.79 bits per heavy atom. The summed E-state index contributed by atoms with van der Waals surface area (Å²) in [5.74, 6) is 0.588. The van der Waals surface area contributed by atoms with Crippen LogP contribution in [0.2, 0.25) is 0 Å². The zero-order chi connectivity index (χ0) is 24.1. The molecule has 2 N–H and O–H groups in total. The van der Waals surface area contributed by atoms with Gasteiger partial charge in [-0.25, -0.2) is 5.01 Å². The van der Waals surface area contributed by atoms with Gasteiger partial charge in [0.05, 0.1) is 36.3 Å². The molecule has 0 aliphatic carbocycles. The maximum atomic E-state index is 10.1. The molecule has 0 saturated heterocycles. The Hall–Kier alpha value is -4.33. The monoisotopic (exact) mass is 451 g/mol. The Balaban J connectivity index is 1.88. The standard InChI is InChI=1S/C27H25N5O2/c1-3-33-21-12-10-18-11-13-25(34-4-2)23(22(18)15-21)14-19(16-28)26-24(17-29)27(30)32(31-26)20-8-6-5-7-9-20/h5-15,24,27H,3-4,30H2,1-2H3/b19-14-/t24-,27-/m1/s1. The minimum absolute atomic E-state index is 0.260. The average Bonchev–Trinajstić information content (AvgIpc) is 3.20. The molecule has 2 atom stereocenters. The van der Waals surface area contributed by atoms with Gasteiger partial charge >= 0.3 is 0 Å². The molecule has 3 aromatic rings. The number of hydrogen-bond acceptors (Lipinski definition) is 7. The van der Waals surface area contributed by atoms with Crippen LogP contribution in [0.1, 0.15) is 19.4 Å². The smallest absolute Gasteiger partial charge is 0.127 e. The molecule has 3 aromatic carbocycles. The summed E-state index contributed by atoms with van der Waals surface area (Å²) < 4.78 is 11.6. The molecule has 1 aliphatic rings. The first-order chi connectivity index (χ1) is 16.6. The molecule has 7 heteroatoms. The van der Waals surface area contributed by atoms with Gasteiger partial charge in [-0.3, -0.25) is 0 Å². The van der Waals surface area contributed by atoms with Gasteiger partial charge < -0.3 is 15.2 Å². The highest BCUT2D eigenvalue weighted by molar-refractivity contribution is 6.13. The van der Waals surface area contributed by atoms with E-state index in [4.69, 9.17) is 15.2 Å². The van der Waals surface area contributed by atoms with E-state index in [2.05, 4.69) is 17.2 Å². The van der Waals surface area contributed by atoms with Crippen molar-refractivity contribution in [3.63, 3.8) is 0 Å². The van der Waals surface area contributed by atoms with Crippen LogP contribution in [0.3, 0.4) is 0 Å². The first-order valence-electron chi connectivity index (χ1n) is 11.1. The predicted octanol–water partition coefficient (Wildman–Crippen LogP) is 4.84. The van der Waals surface area contributed by atoms with Gasteiger partial charge in [-0.1, -0.05) is 30.3 Å². The maximum Gasteiger partial charge on any atom is 0.127 e. The summed E-state index contributed by atoms with van der Waals surface area (Å²) in [4.78, 5) is 0. The van der Waals surface area contributed by atoms with Gasteiger partial charge in [-0.2, -0.15) is 15.6 Å². The van der Waals surface area contributed by atoms with Gasteiger partial charge in [0.25, 0.3) is 0 Å². The van der Waals surface area contributed by atoms with E-state index in [1.54, 1.807) is 11.1 Å². The number of anilines is 1. The average molecular weight is 452 g/mol. The number of hydrazone groups is 1. The summed E-state index contributed by atoms with van der Waals surface area (Å²) in [7, 11) is 0. The van der Waals surface area contributed by atoms with Crippen molar-refractivity contribution in [2.45, 2.75) is 20.0 Å². The van der Waals surface area contributed by atoms with Gasteiger partial charge in [-0.05, 0) is 61.0 Å². The quantitative estimate of drug-likeness (QED) is 0.515. The minimum atomic E-state index is -0.768. The van der Waals surface area contributed by atoms with Crippen molar-refractivity contribution < 1.29 is 9.47 Å². The third-order valence-corrected chi connectivity index (χ3v) is 5.58. The highest BCUT2D eigenvalue weighted by Crippen LogP contribution is 2.35. The fourth-order valence-corrected chi connectivity index (χ4v) is 4.01. The zero-order valence-electron chi connectivity index (χ0n) is 19.1. The number of para-hydroxylation sites is 1. The van der Waals surface area contributed by atoms with Crippen molar-refractivity contribution in [2.24, 2.45) is 16.8 Å². The topological polar surface area (TPSA) is 108 Å². The molecule has 34 heavy (non-hydrogen) atoms. The van der Waals surface area contributed by atoms with E-state index >= 15 is 0 Å². The molecule has 7 nitrogen and oxygen atoms in total. The number of benzene rings is 3. The molecule has 0 spiro atoms. The Bertz CT molecular complexity index is 1330. The number of hydrogen-bond donors (Lipinski definition) is 1. The molecule has 4 rings (SSSR count). The minimum Gasteiger partial charge on any atom is -0.494 e. The summed E-state index contributed by atoms with van der Waals surface area (Å²) in [5.41, 5.74) is 8.45. The Morgan fingerprint density at radius 3 is 2.47 bits per heavy atom. The van der Waals surface area contributed by atoms with Gasteiger partial charge in [0.15, 0.2) is 0 Å². The molecule has 0 radical (unpaired) electrons. The molecule has 1 aliphatic heterocycles. The predicted molar refractivity (Wildman–Crippen MR) is 133 cm³/mol. The van der Waals surface area contributed by atoms with E-state index in [0.29, 0.717) is 24.7 Å². The van der Waals surface area contributed by atoms with Crippen molar-refractivity contribution in [3.05, 3.63) is 71.8 Å². The van der Waals surface area contributed by atoms with Crippen LogP contribution in [0.4, 0.5) is 5.69 Å². The highest BCUT2D eigenvalue weighted by Gasteiger charge is 2.37. The molecule has 0 aromatic heterocycles. The van der Waals surface area contributed by atoms with Crippen molar-refractivity contribution in [3.8, 4) is 23.6 Å². The molecule has 0 bridgehead atoms. The Kier molecular flexibility index (Phi) is 6.77. The van der Waals surface area contributed by atoms with E-state index < -0.39 is 12.1 Å². The lowest BCUT2D eigenvalue weighted by atomic mass is 9.94. The van der Waals surface area contributed by atoms with Crippen LogP contribution >= 0.6 is 0 Å². The van der Waals surface area contributed by atoms with Gasteiger partial charge in [0, 0.05) is 5.56 Å². The van der Waals surface area contributed by atoms with Crippen molar-refractivity contribution in [1.29, 1.82) is 10.5 Å². The van der Waals surface area contributed by atoms with Crippen LogP contribution in [0.5, 0.6) is 11.5 Å². The van der Waals surface area contributed by atoms with E-state index in [1.807, 2.05) is 74.5 Å².